The number of nitrogens with zero attached hydrogens (tertiary/aromatic N) is 4. The van der Waals surface area contributed by atoms with Crippen LogP contribution in [0.4, 0.5) is 0 Å². The molecule has 2 heterocycles. The Bertz CT molecular complexity index is 789. The Labute approximate surface area is 139 Å². The largest absolute Gasteiger partial charge is 0.457 e. The fraction of sp³-hybridized carbons (Fsp3) is 0.294. The zero-order valence-electron chi connectivity index (χ0n) is 13.8. The van der Waals surface area contributed by atoms with Crippen molar-refractivity contribution in [2.75, 3.05) is 28.2 Å². The lowest BCUT2D eigenvalue weighted by Crippen LogP contribution is -2.35. The van der Waals surface area contributed by atoms with Gasteiger partial charge in [-0.2, -0.15) is 0 Å². The SMILES string of the molecule is CN(C)C(=NCc1ccc(-c2nc3ccccc3s2)o1)N(C)C. The van der Waals surface area contributed by atoms with Crippen LogP contribution in [0.5, 0.6) is 0 Å². The van der Waals surface area contributed by atoms with Gasteiger partial charge in [-0.3, -0.25) is 0 Å². The molecule has 3 rings (SSSR count). The molecule has 0 bridgehead atoms. The first-order chi connectivity index (χ1) is 11.0. The predicted molar refractivity (Wildman–Crippen MR) is 95.8 cm³/mol. The normalized spacial score (nSPS) is 10.8. The molecule has 0 saturated heterocycles. The minimum absolute atomic E-state index is 0.511. The number of fused-ring (bicyclic) bond motifs is 1. The van der Waals surface area contributed by atoms with Gasteiger partial charge in [-0.1, -0.05) is 12.1 Å². The van der Waals surface area contributed by atoms with Gasteiger partial charge in [-0.15, -0.1) is 11.3 Å². The summed E-state index contributed by atoms with van der Waals surface area (Å²) in [5.41, 5.74) is 1.01. The molecule has 0 radical (unpaired) electrons. The summed E-state index contributed by atoms with van der Waals surface area (Å²) in [6.45, 7) is 0.511. The first kappa shape index (κ1) is 15.6. The number of hydrogen-bond donors (Lipinski definition) is 0. The van der Waals surface area contributed by atoms with Gasteiger partial charge in [0.05, 0.1) is 10.2 Å². The van der Waals surface area contributed by atoms with Crippen molar-refractivity contribution in [1.29, 1.82) is 0 Å². The number of rotatable bonds is 3. The van der Waals surface area contributed by atoms with Crippen molar-refractivity contribution in [3.8, 4) is 10.8 Å². The van der Waals surface area contributed by atoms with Crippen LogP contribution >= 0.6 is 11.3 Å². The highest BCUT2D eigenvalue weighted by Gasteiger charge is 2.11. The lowest BCUT2D eigenvalue weighted by Gasteiger charge is -2.22. The molecule has 0 atom stereocenters. The second kappa shape index (κ2) is 6.42. The van der Waals surface area contributed by atoms with E-state index in [1.165, 1.54) is 4.70 Å². The van der Waals surface area contributed by atoms with E-state index in [2.05, 4.69) is 16.0 Å². The van der Waals surface area contributed by atoms with E-state index in [9.17, 15) is 0 Å². The molecule has 0 saturated carbocycles. The summed E-state index contributed by atoms with van der Waals surface area (Å²) >= 11 is 1.64. The van der Waals surface area contributed by atoms with Crippen molar-refractivity contribution in [3.63, 3.8) is 0 Å². The van der Waals surface area contributed by atoms with Gasteiger partial charge in [0.1, 0.15) is 12.3 Å². The molecule has 0 spiro atoms. The molecule has 5 nitrogen and oxygen atoms in total. The molecule has 0 fully saturated rings. The van der Waals surface area contributed by atoms with Crippen LogP contribution in [0.15, 0.2) is 45.8 Å². The number of furan rings is 1. The Hall–Kier alpha value is -2.34. The van der Waals surface area contributed by atoms with Crippen molar-refractivity contribution in [1.82, 2.24) is 14.8 Å². The molecule has 23 heavy (non-hydrogen) atoms. The minimum atomic E-state index is 0.511. The molecule has 3 aromatic rings. The van der Waals surface area contributed by atoms with Crippen molar-refractivity contribution >= 4 is 27.5 Å². The number of benzene rings is 1. The van der Waals surface area contributed by atoms with E-state index >= 15 is 0 Å². The maximum Gasteiger partial charge on any atom is 0.195 e. The minimum Gasteiger partial charge on any atom is -0.457 e. The monoisotopic (exact) mass is 328 g/mol. The number of aliphatic imine (C=N–C) groups is 1. The second-order valence-corrected chi connectivity index (χ2v) is 6.69. The number of thiazole rings is 1. The average Bonchev–Trinajstić information content (AvgIpc) is 3.12. The highest BCUT2D eigenvalue weighted by molar-refractivity contribution is 7.21. The van der Waals surface area contributed by atoms with Gasteiger partial charge in [0.25, 0.3) is 0 Å². The van der Waals surface area contributed by atoms with Crippen molar-refractivity contribution in [2.24, 2.45) is 4.99 Å². The van der Waals surface area contributed by atoms with Gasteiger partial charge in [0.15, 0.2) is 16.7 Å². The Morgan fingerprint density at radius 1 is 1.09 bits per heavy atom. The van der Waals surface area contributed by atoms with Crippen LogP contribution in [0.3, 0.4) is 0 Å². The Morgan fingerprint density at radius 3 is 2.52 bits per heavy atom. The number of para-hydroxylation sites is 1. The highest BCUT2D eigenvalue weighted by atomic mass is 32.1. The molecule has 120 valence electrons. The van der Waals surface area contributed by atoms with Crippen LogP contribution in [0, 0.1) is 0 Å². The molecule has 0 aliphatic heterocycles. The molecule has 0 N–H and O–H groups in total. The maximum atomic E-state index is 5.91. The summed E-state index contributed by atoms with van der Waals surface area (Å²) in [6, 6.07) is 12.0. The molecular weight excluding hydrogens is 308 g/mol. The third-order valence-electron chi connectivity index (χ3n) is 3.34. The van der Waals surface area contributed by atoms with E-state index in [0.29, 0.717) is 6.54 Å². The van der Waals surface area contributed by atoms with Crippen molar-refractivity contribution in [2.45, 2.75) is 6.54 Å². The number of hydrogen-bond acceptors (Lipinski definition) is 4. The van der Waals surface area contributed by atoms with E-state index in [1.807, 2.05) is 68.3 Å². The second-order valence-electron chi connectivity index (χ2n) is 5.66. The van der Waals surface area contributed by atoms with E-state index in [1.54, 1.807) is 11.3 Å². The van der Waals surface area contributed by atoms with Crippen LogP contribution < -0.4 is 0 Å². The summed E-state index contributed by atoms with van der Waals surface area (Å²) < 4.78 is 7.08. The topological polar surface area (TPSA) is 44.9 Å². The summed E-state index contributed by atoms with van der Waals surface area (Å²) in [5, 5.41) is 0.905. The smallest absolute Gasteiger partial charge is 0.195 e. The van der Waals surface area contributed by atoms with Crippen molar-refractivity contribution < 1.29 is 4.42 Å². The van der Waals surface area contributed by atoms with Crippen LogP contribution in [-0.2, 0) is 6.54 Å². The maximum absolute atomic E-state index is 5.91. The molecule has 0 aliphatic carbocycles. The van der Waals surface area contributed by atoms with Crippen LogP contribution in [0.2, 0.25) is 0 Å². The molecule has 0 aliphatic rings. The number of aromatic nitrogens is 1. The highest BCUT2D eigenvalue weighted by Crippen LogP contribution is 2.31. The van der Waals surface area contributed by atoms with E-state index in [4.69, 9.17) is 4.42 Å². The average molecular weight is 328 g/mol. The van der Waals surface area contributed by atoms with Gasteiger partial charge in [-0.05, 0) is 24.3 Å². The van der Waals surface area contributed by atoms with E-state index in [-0.39, 0.29) is 0 Å². The fourth-order valence-electron chi connectivity index (χ4n) is 2.39. The predicted octanol–water partition coefficient (Wildman–Crippen LogP) is 3.54. The third kappa shape index (κ3) is 3.37. The zero-order chi connectivity index (χ0) is 16.4. The molecule has 1 aromatic carbocycles. The summed E-state index contributed by atoms with van der Waals surface area (Å²) in [7, 11) is 7.92. The standard InChI is InChI=1S/C17H20N4OS/c1-20(2)17(21(3)4)18-11-12-9-10-14(22-12)16-19-13-7-5-6-8-15(13)23-16/h5-10H,11H2,1-4H3. The van der Waals surface area contributed by atoms with E-state index < -0.39 is 0 Å². The molecule has 6 heteroatoms. The Kier molecular flexibility index (Phi) is 4.34. The molecule has 0 amide bonds. The summed E-state index contributed by atoms with van der Waals surface area (Å²) in [4.78, 5) is 13.2. The fourth-order valence-corrected chi connectivity index (χ4v) is 3.31. The Balaban J connectivity index is 1.81. The third-order valence-corrected chi connectivity index (χ3v) is 4.39. The van der Waals surface area contributed by atoms with E-state index in [0.717, 1.165) is 28.0 Å². The summed E-state index contributed by atoms with van der Waals surface area (Å²) in [6.07, 6.45) is 0. The van der Waals surface area contributed by atoms with Crippen LogP contribution in [0.25, 0.3) is 21.0 Å². The van der Waals surface area contributed by atoms with Crippen molar-refractivity contribution in [3.05, 3.63) is 42.2 Å². The van der Waals surface area contributed by atoms with Gasteiger partial charge < -0.3 is 14.2 Å². The molecular formula is C17H20N4OS. The molecule has 2 aromatic heterocycles. The van der Waals surface area contributed by atoms with Gasteiger partial charge in [0, 0.05) is 28.2 Å². The van der Waals surface area contributed by atoms with Crippen LogP contribution in [-0.4, -0.2) is 48.9 Å². The first-order valence-corrected chi connectivity index (χ1v) is 8.20. The van der Waals surface area contributed by atoms with Crippen LogP contribution in [0.1, 0.15) is 5.76 Å². The molecule has 0 unspecified atom stereocenters. The first-order valence-electron chi connectivity index (χ1n) is 7.38. The Morgan fingerprint density at radius 2 is 1.83 bits per heavy atom. The lowest BCUT2D eigenvalue weighted by atomic mass is 10.3. The van der Waals surface area contributed by atoms with Gasteiger partial charge in [-0.25, -0.2) is 9.98 Å². The number of guanidine groups is 1. The lowest BCUT2D eigenvalue weighted by molar-refractivity contribution is 0.471. The van der Waals surface area contributed by atoms with Gasteiger partial charge in [0.2, 0.25) is 0 Å². The quantitative estimate of drug-likeness (QED) is 0.545. The zero-order valence-corrected chi connectivity index (χ0v) is 14.6. The summed E-state index contributed by atoms with van der Waals surface area (Å²) in [5.74, 6) is 2.54. The van der Waals surface area contributed by atoms with Gasteiger partial charge >= 0.3 is 0 Å².